The minimum absolute atomic E-state index is 0.259. The minimum atomic E-state index is -0.259. The van der Waals surface area contributed by atoms with E-state index in [0.717, 1.165) is 11.3 Å². The maximum atomic E-state index is 12.1. The molecule has 0 fully saturated rings. The van der Waals surface area contributed by atoms with E-state index < -0.39 is 0 Å². The molecule has 1 amide bonds. The first kappa shape index (κ1) is 15.2. The molecule has 0 aliphatic heterocycles. The highest BCUT2D eigenvalue weighted by Crippen LogP contribution is 2.12. The van der Waals surface area contributed by atoms with Gasteiger partial charge >= 0.3 is 0 Å². The number of hydrogen-bond acceptors (Lipinski definition) is 3. The van der Waals surface area contributed by atoms with Crippen LogP contribution in [-0.2, 0) is 6.54 Å². The van der Waals surface area contributed by atoms with Crippen LogP contribution in [0.2, 0.25) is 5.02 Å². The van der Waals surface area contributed by atoms with Crippen molar-refractivity contribution in [2.75, 3.05) is 0 Å². The van der Waals surface area contributed by atoms with E-state index in [9.17, 15) is 4.79 Å². The Balaban J connectivity index is 1.66. The highest BCUT2D eigenvalue weighted by atomic mass is 35.5. The molecular formula is C17H15ClN4O. The van der Waals surface area contributed by atoms with Crippen molar-refractivity contribution in [3.63, 3.8) is 0 Å². The van der Waals surface area contributed by atoms with E-state index in [1.165, 1.54) is 10.2 Å². The van der Waals surface area contributed by atoms with Crippen molar-refractivity contribution in [1.82, 2.24) is 20.3 Å². The molecule has 116 valence electrons. The predicted molar refractivity (Wildman–Crippen MR) is 88.7 cm³/mol. The molecule has 1 aromatic heterocycles. The number of nitrogens with zero attached hydrogens (tertiary/aromatic N) is 3. The molecule has 6 heteroatoms. The predicted octanol–water partition coefficient (Wildman–Crippen LogP) is 3.16. The first-order valence-corrected chi connectivity index (χ1v) is 7.51. The fourth-order valence-electron chi connectivity index (χ4n) is 2.07. The molecule has 1 heterocycles. The second kappa shape index (κ2) is 6.62. The second-order valence-corrected chi connectivity index (χ2v) is 5.63. The van der Waals surface area contributed by atoms with Gasteiger partial charge in [0.25, 0.3) is 5.91 Å². The van der Waals surface area contributed by atoms with E-state index in [1.807, 2.05) is 43.3 Å². The molecule has 0 atom stereocenters. The van der Waals surface area contributed by atoms with Crippen LogP contribution in [0, 0.1) is 6.92 Å². The van der Waals surface area contributed by atoms with E-state index >= 15 is 0 Å². The number of aromatic nitrogens is 3. The van der Waals surface area contributed by atoms with Crippen LogP contribution in [0.5, 0.6) is 0 Å². The number of benzene rings is 2. The average Bonchev–Trinajstić information content (AvgIpc) is 3.05. The molecule has 23 heavy (non-hydrogen) atoms. The van der Waals surface area contributed by atoms with Gasteiger partial charge in [-0.25, -0.2) is 4.68 Å². The normalized spacial score (nSPS) is 10.5. The summed E-state index contributed by atoms with van der Waals surface area (Å²) in [6.45, 7) is 2.48. The third-order valence-electron chi connectivity index (χ3n) is 3.39. The van der Waals surface area contributed by atoms with Crippen molar-refractivity contribution in [1.29, 1.82) is 0 Å². The quantitative estimate of drug-likeness (QED) is 0.801. The van der Waals surface area contributed by atoms with Crippen LogP contribution >= 0.6 is 11.6 Å². The van der Waals surface area contributed by atoms with Crippen LogP contribution in [0.1, 0.15) is 21.6 Å². The smallest absolute Gasteiger partial charge is 0.273 e. The first-order valence-electron chi connectivity index (χ1n) is 7.14. The van der Waals surface area contributed by atoms with Gasteiger partial charge in [-0.3, -0.25) is 4.79 Å². The average molecular weight is 327 g/mol. The molecule has 0 saturated carbocycles. The molecule has 2 aromatic carbocycles. The van der Waals surface area contributed by atoms with Crippen molar-refractivity contribution in [2.45, 2.75) is 13.5 Å². The molecule has 5 nitrogen and oxygen atoms in total. The van der Waals surface area contributed by atoms with Crippen LogP contribution in [0.25, 0.3) is 5.69 Å². The summed E-state index contributed by atoms with van der Waals surface area (Å²) in [5, 5.41) is 11.4. The van der Waals surface area contributed by atoms with Crippen molar-refractivity contribution >= 4 is 17.5 Å². The molecular weight excluding hydrogens is 312 g/mol. The minimum Gasteiger partial charge on any atom is -0.347 e. The SMILES string of the molecule is Cc1ccc(CNC(=O)c2cn(-c3ccc(Cl)cc3)nn2)cc1. The Labute approximate surface area is 138 Å². The van der Waals surface area contributed by atoms with Gasteiger partial charge in [-0.05, 0) is 36.8 Å². The highest BCUT2D eigenvalue weighted by Gasteiger charge is 2.11. The van der Waals surface area contributed by atoms with Crippen LogP contribution in [-0.4, -0.2) is 20.9 Å². The summed E-state index contributed by atoms with van der Waals surface area (Å²) in [4.78, 5) is 12.1. The van der Waals surface area contributed by atoms with E-state index in [2.05, 4.69) is 15.6 Å². The summed E-state index contributed by atoms with van der Waals surface area (Å²) in [5.41, 5.74) is 3.28. The number of carbonyl (C=O) groups is 1. The fraction of sp³-hybridized carbons (Fsp3) is 0.118. The van der Waals surface area contributed by atoms with Gasteiger partial charge in [-0.2, -0.15) is 0 Å². The van der Waals surface area contributed by atoms with Crippen LogP contribution in [0.4, 0.5) is 0 Å². The third-order valence-corrected chi connectivity index (χ3v) is 3.64. The Morgan fingerprint density at radius 3 is 2.52 bits per heavy atom. The molecule has 0 bridgehead atoms. The number of rotatable bonds is 4. The third kappa shape index (κ3) is 3.76. The van der Waals surface area contributed by atoms with Gasteiger partial charge in [0.15, 0.2) is 5.69 Å². The van der Waals surface area contributed by atoms with Gasteiger partial charge in [0.2, 0.25) is 0 Å². The monoisotopic (exact) mass is 326 g/mol. The number of amides is 1. The number of nitrogens with one attached hydrogen (secondary N) is 1. The first-order chi connectivity index (χ1) is 11.1. The Bertz CT molecular complexity index is 809. The number of aryl methyl sites for hydroxylation is 1. The summed E-state index contributed by atoms with van der Waals surface area (Å²) < 4.78 is 1.54. The fourth-order valence-corrected chi connectivity index (χ4v) is 2.19. The van der Waals surface area contributed by atoms with Crippen LogP contribution in [0.3, 0.4) is 0 Å². The van der Waals surface area contributed by atoms with Crippen molar-refractivity contribution in [3.05, 3.63) is 76.6 Å². The van der Waals surface area contributed by atoms with Crippen LogP contribution in [0.15, 0.2) is 54.7 Å². The lowest BCUT2D eigenvalue weighted by Gasteiger charge is -2.03. The standard InChI is InChI=1S/C17H15ClN4O/c1-12-2-4-13(5-3-12)10-19-17(23)16-11-22(21-20-16)15-8-6-14(18)7-9-15/h2-9,11H,10H2,1H3,(H,19,23). The van der Waals surface area contributed by atoms with Crippen molar-refractivity contribution < 1.29 is 4.79 Å². The van der Waals surface area contributed by atoms with E-state index in [-0.39, 0.29) is 11.6 Å². The Kier molecular flexibility index (Phi) is 4.39. The lowest BCUT2D eigenvalue weighted by atomic mass is 10.1. The molecule has 0 spiro atoms. The molecule has 3 aromatic rings. The Morgan fingerprint density at radius 2 is 1.83 bits per heavy atom. The summed E-state index contributed by atoms with van der Waals surface area (Å²) >= 11 is 5.85. The molecule has 0 radical (unpaired) electrons. The molecule has 0 unspecified atom stereocenters. The Morgan fingerprint density at radius 1 is 1.13 bits per heavy atom. The summed E-state index contributed by atoms with van der Waals surface area (Å²) in [6, 6.07) is 15.1. The summed E-state index contributed by atoms with van der Waals surface area (Å²) in [6.07, 6.45) is 1.59. The molecule has 0 aliphatic carbocycles. The lowest BCUT2D eigenvalue weighted by Crippen LogP contribution is -2.23. The molecule has 0 aliphatic rings. The van der Waals surface area contributed by atoms with Gasteiger partial charge in [0.05, 0.1) is 11.9 Å². The number of halogens is 1. The zero-order valence-electron chi connectivity index (χ0n) is 12.5. The molecule has 3 rings (SSSR count). The summed E-state index contributed by atoms with van der Waals surface area (Å²) in [5.74, 6) is -0.259. The largest absolute Gasteiger partial charge is 0.347 e. The topological polar surface area (TPSA) is 59.8 Å². The number of hydrogen-bond donors (Lipinski definition) is 1. The zero-order chi connectivity index (χ0) is 16.2. The Hall–Kier alpha value is -2.66. The van der Waals surface area contributed by atoms with E-state index in [4.69, 9.17) is 11.6 Å². The van der Waals surface area contributed by atoms with Crippen LogP contribution < -0.4 is 5.32 Å². The van der Waals surface area contributed by atoms with Crippen molar-refractivity contribution in [2.24, 2.45) is 0 Å². The lowest BCUT2D eigenvalue weighted by molar-refractivity contribution is 0.0946. The number of carbonyl (C=O) groups excluding carboxylic acids is 1. The maximum absolute atomic E-state index is 12.1. The van der Waals surface area contributed by atoms with Gasteiger partial charge in [-0.1, -0.05) is 46.6 Å². The summed E-state index contributed by atoms with van der Waals surface area (Å²) in [7, 11) is 0. The van der Waals surface area contributed by atoms with Gasteiger partial charge in [0.1, 0.15) is 0 Å². The maximum Gasteiger partial charge on any atom is 0.273 e. The van der Waals surface area contributed by atoms with Gasteiger partial charge < -0.3 is 5.32 Å². The highest BCUT2D eigenvalue weighted by molar-refractivity contribution is 6.30. The van der Waals surface area contributed by atoms with E-state index in [0.29, 0.717) is 11.6 Å². The molecule has 0 saturated heterocycles. The van der Waals surface area contributed by atoms with Gasteiger partial charge in [-0.15, -0.1) is 5.10 Å². The van der Waals surface area contributed by atoms with Crippen molar-refractivity contribution in [3.8, 4) is 5.69 Å². The zero-order valence-corrected chi connectivity index (χ0v) is 13.3. The molecule has 1 N–H and O–H groups in total. The second-order valence-electron chi connectivity index (χ2n) is 5.19. The van der Waals surface area contributed by atoms with Gasteiger partial charge in [0, 0.05) is 11.6 Å². The van der Waals surface area contributed by atoms with E-state index in [1.54, 1.807) is 18.3 Å².